The number of benzene rings is 1. The van der Waals surface area contributed by atoms with Crippen LogP contribution in [-0.2, 0) is 4.79 Å². The fourth-order valence-electron chi connectivity index (χ4n) is 3.81. The summed E-state index contributed by atoms with van der Waals surface area (Å²) >= 11 is 0. The molecule has 0 radical (unpaired) electrons. The van der Waals surface area contributed by atoms with Crippen LogP contribution < -0.4 is 10.6 Å². The normalized spacial score (nSPS) is 12.9. The molecule has 0 aliphatic heterocycles. The fraction of sp³-hybridized carbons (Fsp3) is 0.185. The second-order valence-electron chi connectivity index (χ2n) is 8.71. The molecule has 3 aromatic heterocycles. The maximum absolute atomic E-state index is 13.0. The van der Waals surface area contributed by atoms with Gasteiger partial charge in [-0.1, -0.05) is 18.2 Å². The summed E-state index contributed by atoms with van der Waals surface area (Å²) < 4.78 is 25.9. The fourth-order valence-corrected chi connectivity index (χ4v) is 3.81. The number of amides is 2. The SMILES string of the molecule is Cc1ncc(NC(=O)c2ccnc(C(F)F)c2)cc1-c1cccc(-c2cc(NC(=O)C3CC3)ncn2)c1. The van der Waals surface area contributed by atoms with Gasteiger partial charge in [0, 0.05) is 40.6 Å². The number of nitrogens with one attached hydrogen (secondary N) is 2. The average Bonchev–Trinajstić information content (AvgIpc) is 3.76. The summed E-state index contributed by atoms with van der Waals surface area (Å²) in [6.07, 6.45) is 3.13. The van der Waals surface area contributed by atoms with Crippen molar-refractivity contribution in [3.8, 4) is 22.4 Å². The van der Waals surface area contributed by atoms with Crippen LogP contribution in [0.25, 0.3) is 22.4 Å². The van der Waals surface area contributed by atoms with Crippen LogP contribution in [0.3, 0.4) is 0 Å². The predicted molar refractivity (Wildman–Crippen MR) is 134 cm³/mol. The number of hydrogen-bond acceptors (Lipinski definition) is 6. The lowest BCUT2D eigenvalue weighted by atomic mass is 10.00. The van der Waals surface area contributed by atoms with E-state index in [0.717, 1.165) is 41.3 Å². The number of halogens is 2. The molecule has 8 nitrogen and oxygen atoms in total. The zero-order valence-electron chi connectivity index (χ0n) is 19.8. The number of hydrogen-bond donors (Lipinski definition) is 2. The molecule has 0 unspecified atom stereocenters. The van der Waals surface area contributed by atoms with E-state index in [2.05, 4.69) is 30.6 Å². The van der Waals surface area contributed by atoms with Crippen LogP contribution in [0.4, 0.5) is 20.3 Å². The topological polar surface area (TPSA) is 110 Å². The van der Waals surface area contributed by atoms with Crippen molar-refractivity contribution >= 4 is 23.3 Å². The standard InChI is InChI=1S/C27H22F2N6O2/c1-15-21(11-20(13-31-15)34-27(37)19-7-8-30-23(10-19)25(28)29)17-3-2-4-18(9-17)22-12-24(33-14-32-22)35-26(36)16-5-6-16/h2-4,7-14,16,25H,5-6H2,1H3,(H,34,37)(H,32,33,35,36). The van der Waals surface area contributed by atoms with Crippen molar-refractivity contribution in [1.29, 1.82) is 0 Å². The molecule has 1 saturated carbocycles. The summed E-state index contributed by atoms with van der Waals surface area (Å²) in [6, 6.07) is 13.6. The summed E-state index contributed by atoms with van der Waals surface area (Å²) in [6.45, 7) is 1.85. The van der Waals surface area contributed by atoms with Crippen LogP contribution in [-0.4, -0.2) is 31.8 Å². The smallest absolute Gasteiger partial charge is 0.280 e. The van der Waals surface area contributed by atoms with Gasteiger partial charge in [0.05, 0.1) is 17.6 Å². The Morgan fingerprint density at radius 1 is 0.946 bits per heavy atom. The molecule has 0 saturated heterocycles. The maximum Gasteiger partial charge on any atom is 0.280 e. The van der Waals surface area contributed by atoms with E-state index in [4.69, 9.17) is 0 Å². The Morgan fingerprint density at radius 3 is 2.54 bits per heavy atom. The molecular formula is C27H22F2N6O2. The third kappa shape index (κ3) is 5.64. The van der Waals surface area contributed by atoms with Crippen molar-refractivity contribution in [3.63, 3.8) is 0 Å². The molecule has 1 aliphatic carbocycles. The molecule has 0 atom stereocenters. The van der Waals surface area contributed by atoms with E-state index in [-0.39, 0.29) is 17.4 Å². The van der Waals surface area contributed by atoms with Gasteiger partial charge in [-0.15, -0.1) is 0 Å². The van der Waals surface area contributed by atoms with E-state index >= 15 is 0 Å². The van der Waals surface area contributed by atoms with E-state index in [1.54, 1.807) is 12.1 Å². The van der Waals surface area contributed by atoms with Crippen molar-refractivity contribution in [2.24, 2.45) is 5.92 Å². The minimum atomic E-state index is -2.77. The van der Waals surface area contributed by atoms with Crippen LogP contribution in [0.2, 0.25) is 0 Å². The van der Waals surface area contributed by atoms with Crippen molar-refractivity contribution in [2.45, 2.75) is 26.2 Å². The lowest BCUT2D eigenvalue weighted by Crippen LogP contribution is -2.14. The maximum atomic E-state index is 13.0. The quantitative estimate of drug-likeness (QED) is 0.349. The van der Waals surface area contributed by atoms with Crippen LogP contribution in [0.15, 0.2) is 67.3 Å². The monoisotopic (exact) mass is 500 g/mol. The first-order valence-corrected chi connectivity index (χ1v) is 11.6. The van der Waals surface area contributed by atoms with Gasteiger partial charge >= 0.3 is 0 Å². The zero-order chi connectivity index (χ0) is 25.9. The highest BCUT2D eigenvalue weighted by Crippen LogP contribution is 2.31. The third-order valence-corrected chi connectivity index (χ3v) is 5.95. The van der Waals surface area contributed by atoms with E-state index < -0.39 is 18.0 Å². The number of carbonyl (C=O) groups is 2. The molecule has 5 rings (SSSR count). The van der Waals surface area contributed by atoms with Crippen molar-refractivity contribution in [1.82, 2.24) is 19.9 Å². The van der Waals surface area contributed by atoms with Gasteiger partial charge in [-0.3, -0.25) is 19.6 Å². The Kier molecular flexibility index (Phi) is 6.63. The highest BCUT2D eigenvalue weighted by molar-refractivity contribution is 6.04. The molecule has 186 valence electrons. The Balaban J connectivity index is 1.39. The second kappa shape index (κ2) is 10.2. The van der Waals surface area contributed by atoms with Gasteiger partial charge in [0.25, 0.3) is 12.3 Å². The molecule has 1 aliphatic rings. The highest BCUT2D eigenvalue weighted by atomic mass is 19.3. The molecule has 0 bridgehead atoms. The van der Waals surface area contributed by atoms with Crippen LogP contribution in [0.5, 0.6) is 0 Å². The van der Waals surface area contributed by atoms with Crippen molar-refractivity contribution < 1.29 is 18.4 Å². The molecule has 10 heteroatoms. The molecule has 3 heterocycles. The Labute approximate surface area is 211 Å². The number of aryl methyl sites for hydroxylation is 1. The Hall–Kier alpha value is -4.60. The van der Waals surface area contributed by atoms with Crippen molar-refractivity contribution in [2.75, 3.05) is 10.6 Å². The number of nitrogens with zero attached hydrogens (tertiary/aromatic N) is 4. The summed E-state index contributed by atoms with van der Waals surface area (Å²) in [5, 5.41) is 5.55. The molecule has 4 aromatic rings. The number of aromatic nitrogens is 4. The first-order valence-electron chi connectivity index (χ1n) is 11.6. The van der Waals surface area contributed by atoms with E-state index in [1.807, 2.05) is 31.2 Å². The van der Waals surface area contributed by atoms with E-state index in [9.17, 15) is 18.4 Å². The molecular weight excluding hydrogens is 478 g/mol. The van der Waals surface area contributed by atoms with Crippen LogP contribution in [0.1, 0.15) is 41.0 Å². The minimum absolute atomic E-state index is 0.0313. The number of alkyl halides is 2. The summed E-state index contributed by atoms with van der Waals surface area (Å²) in [7, 11) is 0. The van der Waals surface area contributed by atoms with Gasteiger partial charge in [-0.2, -0.15) is 0 Å². The van der Waals surface area contributed by atoms with Gasteiger partial charge in [0.1, 0.15) is 17.8 Å². The molecule has 37 heavy (non-hydrogen) atoms. The Morgan fingerprint density at radius 2 is 1.76 bits per heavy atom. The average molecular weight is 501 g/mol. The molecule has 1 fully saturated rings. The van der Waals surface area contributed by atoms with Gasteiger partial charge in [-0.25, -0.2) is 18.7 Å². The molecule has 0 spiro atoms. The van der Waals surface area contributed by atoms with E-state index in [1.165, 1.54) is 24.8 Å². The van der Waals surface area contributed by atoms with Gasteiger partial charge < -0.3 is 10.6 Å². The summed E-state index contributed by atoms with van der Waals surface area (Å²) in [5.41, 5.74) is 3.83. The number of anilines is 2. The van der Waals surface area contributed by atoms with Gasteiger partial charge in [-0.05, 0) is 49.6 Å². The highest BCUT2D eigenvalue weighted by Gasteiger charge is 2.29. The Bertz CT molecular complexity index is 1490. The lowest BCUT2D eigenvalue weighted by molar-refractivity contribution is -0.117. The van der Waals surface area contributed by atoms with Crippen LogP contribution >= 0.6 is 0 Å². The van der Waals surface area contributed by atoms with Crippen molar-refractivity contribution in [3.05, 3.63) is 84.2 Å². The number of rotatable bonds is 7. The zero-order valence-corrected chi connectivity index (χ0v) is 19.8. The third-order valence-electron chi connectivity index (χ3n) is 5.95. The minimum Gasteiger partial charge on any atom is -0.321 e. The summed E-state index contributed by atoms with van der Waals surface area (Å²) in [5.74, 6) is -0.0663. The predicted octanol–water partition coefficient (Wildman–Crippen LogP) is 5.45. The first kappa shape index (κ1) is 24.1. The van der Waals surface area contributed by atoms with Gasteiger partial charge in [0.15, 0.2) is 0 Å². The second-order valence-corrected chi connectivity index (χ2v) is 8.71. The van der Waals surface area contributed by atoms with E-state index in [0.29, 0.717) is 17.2 Å². The van der Waals surface area contributed by atoms with Crippen LogP contribution in [0, 0.1) is 12.8 Å². The number of pyridine rings is 2. The molecule has 2 amide bonds. The lowest BCUT2D eigenvalue weighted by Gasteiger charge is -2.12. The molecule has 2 N–H and O–H groups in total. The van der Waals surface area contributed by atoms with Gasteiger partial charge in [0.2, 0.25) is 5.91 Å². The largest absolute Gasteiger partial charge is 0.321 e. The number of carbonyl (C=O) groups excluding carboxylic acids is 2. The first-order chi connectivity index (χ1) is 17.9. The summed E-state index contributed by atoms with van der Waals surface area (Å²) in [4.78, 5) is 41.2. The molecule has 1 aromatic carbocycles.